The highest BCUT2D eigenvalue weighted by atomic mass is 16.2. The number of hydrogen-bond donors (Lipinski definition) is 1. The van der Waals surface area contributed by atoms with Gasteiger partial charge in [0.15, 0.2) is 0 Å². The van der Waals surface area contributed by atoms with Crippen LogP contribution in [0.2, 0.25) is 0 Å². The molecule has 5 heteroatoms. The Balaban J connectivity index is 1.61. The van der Waals surface area contributed by atoms with Crippen LogP contribution in [0, 0.1) is 20.8 Å². The Kier molecular flexibility index (Phi) is 4.77. The van der Waals surface area contributed by atoms with Gasteiger partial charge in [0.25, 0.3) is 5.91 Å². The van der Waals surface area contributed by atoms with E-state index in [1.54, 1.807) is 0 Å². The van der Waals surface area contributed by atoms with E-state index in [4.69, 9.17) is 0 Å². The van der Waals surface area contributed by atoms with Crippen LogP contribution >= 0.6 is 0 Å². The minimum absolute atomic E-state index is 0.144. The van der Waals surface area contributed by atoms with Gasteiger partial charge in [0, 0.05) is 42.4 Å². The second-order valence-electron chi connectivity index (χ2n) is 7.84. The van der Waals surface area contributed by atoms with Crippen molar-refractivity contribution < 1.29 is 4.79 Å². The lowest BCUT2D eigenvalue weighted by molar-refractivity contribution is 0.0588. The molecule has 0 saturated carbocycles. The minimum atomic E-state index is 0.144. The molecule has 5 nitrogen and oxygen atoms in total. The van der Waals surface area contributed by atoms with Gasteiger partial charge in [-0.05, 0) is 69.7 Å². The summed E-state index contributed by atoms with van der Waals surface area (Å²) in [5, 5.41) is 5.46. The molecule has 1 amide bonds. The van der Waals surface area contributed by atoms with E-state index in [1.165, 1.54) is 22.9 Å². The number of nitrogens with zero attached hydrogens (tertiary/aromatic N) is 3. The van der Waals surface area contributed by atoms with Crippen LogP contribution in [0.15, 0.2) is 30.6 Å². The van der Waals surface area contributed by atoms with E-state index >= 15 is 0 Å². The molecule has 27 heavy (non-hydrogen) atoms. The molecule has 0 aliphatic carbocycles. The Morgan fingerprint density at radius 2 is 2.11 bits per heavy atom. The average molecular weight is 364 g/mol. The third-order valence-corrected chi connectivity index (χ3v) is 5.86. The number of carbonyl (C=O) groups excluding carboxylic acids is 1. The van der Waals surface area contributed by atoms with Crippen molar-refractivity contribution in [3.05, 3.63) is 53.0 Å². The maximum Gasteiger partial charge on any atom is 0.270 e. The summed E-state index contributed by atoms with van der Waals surface area (Å²) >= 11 is 0. The van der Waals surface area contributed by atoms with Crippen molar-refractivity contribution >= 4 is 16.8 Å². The number of carbonyl (C=O) groups is 1. The fraction of sp³-hybridized carbons (Fsp3) is 0.455. The van der Waals surface area contributed by atoms with Gasteiger partial charge < -0.3 is 9.88 Å². The van der Waals surface area contributed by atoms with Crippen LogP contribution in [0.3, 0.4) is 0 Å². The summed E-state index contributed by atoms with van der Waals surface area (Å²) in [6.07, 6.45) is 8.10. The van der Waals surface area contributed by atoms with Crippen LogP contribution < -0.4 is 0 Å². The molecule has 1 atom stereocenters. The Morgan fingerprint density at radius 3 is 2.89 bits per heavy atom. The average Bonchev–Trinajstić information content (AvgIpc) is 3.28. The molecule has 1 N–H and O–H groups in total. The molecule has 1 aliphatic rings. The molecule has 1 saturated heterocycles. The summed E-state index contributed by atoms with van der Waals surface area (Å²) < 4.78 is 1.96. The SMILES string of the molecule is Cc1cc(C)c2[nH]c(C(=O)N3CCCC[C@@H]3CCn3cccn3)c(C)c2c1. The topological polar surface area (TPSA) is 53.9 Å². The van der Waals surface area contributed by atoms with Crippen molar-refractivity contribution in [2.75, 3.05) is 6.54 Å². The normalized spacial score (nSPS) is 17.6. The zero-order valence-electron chi connectivity index (χ0n) is 16.5. The lowest BCUT2D eigenvalue weighted by Gasteiger charge is -2.35. The molecule has 142 valence electrons. The molecule has 1 aromatic carbocycles. The second-order valence-corrected chi connectivity index (χ2v) is 7.84. The number of aromatic amines is 1. The molecule has 2 aromatic heterocycles. The Labute approximate surface area is 160 Å². The Bertz CT molecular complexity index is 955. The molecule has 1 fully saturated rings. The first kappa shape index (κ1) is 17.8. The van der Waals surface area contributed by atoms with Crippen molar-refractivity contribution in [2.45, 2.75) is 59.0 Å². The lowest BCUT2D eigenvalue weighted by atomic mass is 9.98. The van der Waals surface area contributed by atoms with Gasteiger partial charge in [-0.2, -0.15) is 5.10 Å². The molecule has 0 radical (unpaired) electrons. The first-order valence-electron chi connectivity index (χ1n) is 9.92. The van der Waals surface area contributed by atoms with E-state index in [0.717, 1.165) is 49.1 Å². The van der Waals surface area contributed by atoms with Crippen LogP contribution in [0.25, 0.3) is 10.9 Å². The van der Waals surface area contributed by atoms with Crippen molar-refractivity contribution in [3.8, 4) is 0 Å². The number of aromatic nitrogens is 3. The standard InChI is InChI=1S/C22H28N4O/c1-15-13-16(2)20-19(14-15)17(3)21(24-20)22(27)26-11-5-4-7-18(26)8-12-25-10-6-9-23-25/h6,9-10,13-14,18,24H,4-5,7-8,11-12H2,1-3H3/t18-/m1/s1. The van der Waals surface area contributed by atoms with Crippen LogP contribution in [0.5, 0.6) is 0 Å². The van der Waals surface area contributed by atoms with Crippen molar-refractivity contribution in [1.29, 1.82) is 0 Å². The molecule has 3 aromatic rings. The number of H-pyrrole nitrogens is 1. The quantitative estimate of drug-likeness (QED) is 0.747. The molecule has 3 heterocycles. The van der Waals surface area contributed by atoms with Crippen LogP contribution in [-0.2, 0) is 6.54 Å². The number of benzene rings is 1. The fourth-order valence-corrected chi connectivity index (χ4v) is 4.42. The predicted octanol–water partition coefficient (Wildman–Crippen LogP) is 4.37. The summed E-state index contributed by atoms with van der Waals surface area (Å²) in [6.45, 7) is 7.97. The molecular weight excluding hydrogens is 336 g/mol. The van der Waals surface area contributed by atoms with Crippen molar-refractivity contribution in [1.82, 2.24) is 19.7 Å². The minimum Gasteiger partial charge on any atom is -0.350 e. The molecular formula is C22H28N4O. The van der Waals surface area contributed by atoms with Gasteiger partial charge in [0.1, 0.15) is 5.69 Å². The first-order chi connectivity index (χ1) is 13.0. The number of likely N-dealkylation sites (tertiary alicyclic amines) is 1. The van der Waals surface area contributed by atoms with Gasteiger partial charge in [-0.15, -0.1) is 0 Å². The van der Waals surface area contributed by atoms with Crippen LogP contribution in [0.1, 0.15) is 52.9 Å². The molecule has 1 aliphatic heterocycles. The maximum atomic E-state index is 13.4. The number of nitrogens with one attached hydrogen (secondary N) is 1. The number of fused-ring (bicyclic) bond motifs is 1. The molecule has 0 unspecified atom stereocenters. The molecule has 0 bridgehead atoms. The van der Waals surface area contributed by atoms with Crippen molar-refractivity contribution in [2.24, 2.45) is 0 Å². The van der Waals surface area contributed by atoms with Gasteiger partial charge in [0.05, 0.1) is 0 Å². The van der Waals surface area contributed by atoms with Crippen LogP contribution in [-0.4, -0.2) is 38.2 Å². The number of piperidine rings is 1. The van der Waals surface area contributed by atoms with Gasteiger partial charge in [-0.25, -0.2) is 0 Å². The molecule has 4 rings (SSSR count). The smallest absolute Gasteiger partial charge is 0.270 e. The number of aryl methyl sites for hydroxylation is 4. The monoisotopic (exact) mass is 364 g/mol. The highest BCUT2D eigenvalue weighted by Crippen LogP contribution is 2.29. The van der Waals surface area contributed by atoms with Crippen LogP contribution in [0.4, 0.5) is 0 Å². The summed E-state index contributed by atoms with van der Waals surface area (Å²) in [6, 6.07) is 6.57. The number of hydrogen-bond acceptors (Lipinski definition) is 2. The largest absolute Gasteiger partial charge is 0.350 e. The Morgan fingerprint density at radius 1 is 1.26 bits per heavy atom. The van der Waals surface area contributed by atoms with E-state index in [-0.39, 0.29) is 11.9 Å². The van der Waals surface area contributed by atoms with E-state index in [9.17, 15) is 4.79 Å². The molecule has 0 spiro atoms. The zero-order chi connectivity index (χ0) is 19.0. The zero-order valence-corrected chi connectivity index (χ0v) is 16.5. The third-order valence-electron chi connectivity index (χ3n) is 5.86. The van der Waals surface area contributed by atoms with E-state index in [1.807, 2.05) is 23.1 Å². The van der Waals surface area contributed by atoms with E-state index in [0.29, 0.717) is 0 Å². The third kappa shape index (κ3) is 3.38. The Hall–Kier alpha value is -2.56. The second kappa shape index (κ2) is 7.22. The maximum absolute atomic E-state index is 13.4. The summed E-state index contributed by atoms with van der Waals surface area (Å²) in [5.74, 6) is 0.144. The highest BCUT2D eigenvalue weighted by Gasteiger charge is 2.29. The summed E-state index contributed by atoms with van der Waals surface area (Å²) in [4.78, 5) is 19.0. The fourth-order valence-electron chi connectivity index (χ4n) is 4.42. The van der Waals surface area contributed by atoms with Gasteiger partial charge in [0.2, 0.25) is 0 Å². The van der Waals surface area contributed by atoms with E-state index < -0.39 is 0 Å². The summed E-state index contributed by atoms with van der Waals surface area (Å²) in [5.41, 5.74) is 5.34. The summed E-state index contributed by atoms with van der Waals surface area (Å²) in [7, 11) is 0. The van der Waals surface area contributed by atoms with Crippen molar-refractivity contribution in [3.63, 3.8) is 0 Å². The van der Waals surface area contributed by atoms with Gasteiger partial charge >= 0.3 is 0 Å². The van der Waals surface area contributed by atoms with Gasteiger partial charge in [-0.3, -0.25) is 9.48 Å². The van der Waals surface area contributed by atoms with Gasteiger partial charge in [-0.1, -0.05) is 11.6 Å². The predicted molar refractivity (Wildman–Crippen MR) is 108 cm³/mol. The first-order valence-corrected chi connectivity index (χ1v) is 9.92. The van der Waals surface area contributed by atoms with E-state index in [2.05, 4.69) is 47.9 Å². The lowest BCUT2D eigenvalue weighted by Crippen LogP contribution is -2.44. The number of amides is 1. The number of rotatable bonds is 4. The highest BCUT2D eigenvalue weighted by molar-refractivity contribution is 6.02.